The SMILES string of the molecule is CCCCCCCCCCCCCCCCCCCCCCCCCC(=O)OC(COC(=O)CCCCCCCCCCCCCCCCC)COP(=O)(O)OCC(O)CO. The number of phosphoric acid groups is 1. The topological polar surface area (TPSA) is 149 Å². The summed E-state index contributed by atoms with van der Waals surface area (Å²) in [5.41, 5.74) is 0. The van der Waals surface area contributed by atoms with Gasteiger partial charge in [-0.15, -0.1) is 0 Å². The second kappa shape index (κ2) is 46.9. The van der Waals surface area contributed by atoms with Crippen LogP contribution < -0.4 is 0 Å². The van der Waals surface area contributed by atoms with Crippen LogP contribution in [0.3, 0.4) is 0 Å². The van der Waals surface area contributed by atoms with Crippen molar-refractivity contribution in [3.63, 3.8) is 0 Å². The molecule has 0 spiro atoms. The van der Waals surface area contributed by atoms with Gasteiger partial charge in [0.1, 0.15) is 12.7 Å². The number of carbonyl (C=O) groups excluding carboxylic acids is 2. The molecule has 61 heavy (non-hydrogen) atoms. The Hall–Kier alpha value is -1.03. The molecule has 0 rings (SSSR count). The molecule has 0 amide bonds. The first kappa shape index (κ1) is 60.0. The lowest BCUT2D eigenvalue weighted by molar-refractivity contribution is -0.161. The number of rotatable bonds is 50. The lowest BCUT2D eigenvalue weighted by Crippen LogP contribution is -2.29. The van der Waals surface area contributed by atoms with Gasteiger partial charge < -0.3 is 24.6 Å². The zero-order valence-electron chi connectivity index (χ0n) is 39.9. The molecule has 0 aliphatic heterocycles. The molecule has 364 valence electrons. The van der Waals surface area contributed by atoms with Crippen LogP contribution in [0.15, 0.2) is 0 Å². The molecule has 0 saturated carbocycles. The third-order valence-electron chi connectivity index (χ3n) is 11.8. The molecule has 0 radical (unpaired) electrons. The molecule has 0 aromatic carbocycles. The molecule has 0 aromatic rings. The van der Waals surface area contributed by atoms with Crippen LogP contribution in [0.5, 0.6) is 0 Å². The molecule has 0 fully saturated rings. The van der Waals surface area contributed by atoms with Crippen LogP contribution in [0.2, 0.25) is 0 Å². The van der Waals surface area contributed by atoms with Crippen molar-refractivity contribution in [1.29, 1.82) is 0 Å². The highest BCUT2D eigenvalue weighted by molar-refractivity contribution is 7.47. The maximum atomic E-state index is 12.7. The fraction of sp³-hybridized carbons (Fsp3) is 0.960. The van der Waals surface area contributed by atoms with Gasteiger partial charge in [-0.25, -0.2) is 4.57 Å². The van der Waals surface area contributed by atoms with E-state index in [2.05, 4.69) is 13.8 Å². The van der Waals surface area contributed by atoms with Gasteiger partial charge in [-0.3, -0.25) is 18.6 Å². The van der Waals surface area contributed by atoms with Crippen molar-refractivity contribution in [2.24, 2.45) is 0 Å². The summed E-state index contributed by atoms with van der Waals surface area (Å²) in [5.74, 6) is -0.903. The summed E-state index contributed by atoms with van der Waals surface area (Å²) in [7, 11) is -4.61. The first-order chi connectivity index (χ1) is 29.7. The molecule has 0 aliphatic carbocycles. The number of hydrogen-bond donors (Lipinski definition) is 3. The second-order valence-corrected chi connectivity index (χ2v) is 19.4. The number of aliphatic hydroxyl groups is 2. The van der Waals surface area contributed by atoms with Crippen molar-refractivity contribution in [3.8, 4) is 0 Å². The van der Waals surface area contributed by atoms with Crippen LogP contribution in [0.4, 0.5) is 0 Å². The highest BCUT2D eigenvalue weighted by Crippen LogP contribution is 2.43. The van der Waals surface area contributed by atoms with Crippen LogP contribution in [-0.4, -0.2) is 65.7 Å². The normalized spacial score (nSPS) is 13.6. The van der Waals surface area contributed by atoms with Gasteiger partial charge in [0, 0.05) is 12.8 Å². The predicted molar refractivity (Wildman–Crippen MR) is 252 cm³/mol. The van der Waals surface area contributed by atoms with E-state index in [1.165, 1.54) is 199 Å². The van der Waals surface area contributed by atoms with Gasteiger partial charge in [-0.2, -0.15) is 0 Å². The molecule has 0 heterocycles. The lowest BCUT2D eigenvalue weighted by atomic mass is 10.0. The summed E-state index contributed by atoms with van der Waals surface area (Å²) < 4.78 is 32.9. The zero-order valence-corrected chi connectivity index (χ0v) is 40.8. The smallest absolute Gasteiger partial charge is 0.462 e. The van der Waals surface area contributed by atoms with Crippen LogP contribution in [-0.2, 0) is 32.7 Å². The van der Waals surface area contributed by atoms with Crippen molar-refractivity contribution in [3.05, 3.63) is 0 Å². The van der Waals surface area contributed by atoms with Crippen molar-refractivity contribution >= 4 is 19.8 Å². The predicted octanol–water partition coefficient (Wildman–Crippen LogP) is 14.6. The first-order valence-electron chi connectivity index (χ1n) is 26.0. The summed E-state index contributed by atoms with van der Waals surface area (Å²) >= 11 is 0. The Balaban J connectivity index is 4.09. The summed E-state index contributed by atoms with van der Waals surface area (Å²) in [5, 5.41) is 18.4. The average Bonchev–Trinajstić information content (AvgIpc) is 3.25. The fourth-order valence-corrected chi connectivity index (χ4v) is 8.55. The Morgan fingerprint density at radius 1 is 0.426 bits per heavy atom. The van der Waals surface area contributed by atoms with Gasteiger partial charge in [-0.1, -0.05) is 245 Å². The number of aliphatic hydroxyl groups excluding tert-OH is 2. The minimum absolute atomic E-state index is 0.193. The average molecular weight is 891 g/mol. The molecule has 3 unspecified atom stereocenters. The number of phosphoric ester groups is 1. The molecule has 3 atom stereocenters. The Kier molecular flexibility index (Phi) is 46.2. The minimum atomic E-state index is -4.61. The molecular weight excluding hydrogens is 792 g/mol. The van der Waals surface area contributed by atoms with Gasteiger partial charge in [-0.05, 0) is 12.8 Å². The molecule has 0 aliphatic rings. The van der Waals surface area contributed by atoms with Gasteiger partial charge >= 0.3 is 19.8 Å². The number of esters is 2. The molecular formula is C50H99O10P. The van der Waals surface area contributed by atoms with E-state index in [1.54, 1.807) is 0 Å². The molecule has 11 heteroatoms. The van der Waals surface area contributed by atoms with E-state index in [-0.39, 0.29) is 19.4 Å². The Morgan fingerprint density at radius 3 is 1.02 bits per heavy atom. The second-order valence-electron chi connectivity index (χ2n) is 17.9. The highest BCUT2D eigenvalue weighted by atomic mass is 31.2. The van der Waals surface area contributed by atoms with Crippen LogP contribution in [0.1, 0.15) is 271 Å². The van der Waals surface area contributed by atoms with E-state index in [4.69, 9.17) is 23.6 Å². The number of unbranched alkanes of at least 4 members (excludes halogenated alkanes) is 36. The summed E-state index contributed by atoms with van der Waals surface area (Å²) in [6.07, 6.45) is 46.5. The molecule has 0 saturated heterocycles. The van der Waals surface area contributed by atoms with E-state index in [0.717, 1.165) is 32.1 Å². The molecule has 0 bridgehead atoms. The zero-order chi connectivity index (χ0) is 44.8. The fourth-order valence-electron chi connectivity index (χ4n) is 7.76. The number of carbonyl (C=O) groups is 2. The van der Waals surface area contributed by atoms with Crippen LogP contribution >= 0.6 is 7.82 Å². The van der Waals surface area contributed by atoms with E-state index >= 15 is 0 Å². The molecule has 0 aromatic heterocycles. The quantitative estimate of drug-likeness (QED) is 0.0306. The summed E-state index contributed by atoms with van der Waals surface area (Å²) in [4.78, 5) is 35.1. The van der Waals surface area contributed by atoms with E-state index in [1.807, 2.05) is 0 Å². The number of ether oxygens (including phenoxy) is 2. The summed E-state index contributed by atoms with van der Waals surface area (Å²) in [6, 6.07) is 0. The largest absolute Gasteiger partial charge is 0.472 e. The number of hydrogen-bond acceptors (Lipinski definition) is 9. The Morgan fingerprint density at radius 2 is 0.705 bits per heavy atom. The molecule has 3 N–H and O–H groups in total. The van der Waals surface area contributed by atoms with E-state index in [0.29, 0.717) is 12.8 Å². The van der Waals surface area contributed by atoms with Crippen molar-refractivity contribution in [2.75, 3.05) is 26.4 Å². The summed E-state index contributed by atoms with van der Waals surface area (Å²) in [6.45, 7) is 2.45. The van der Waals surface area contributed by atoms with Crippen LogP contribution in [0, 0.1) is 0 Å². The van der Waals surface area contributed by atoms with Gasteiger partial charge in [0.05, 0.1) is 19.8 Å². The Bertz CT molecular complexity index is 982. The first-order valence-corrected chi connectivity index (χ1v) is 27.5. The van der Waals surface area contributed by atoms with Gasteiger partial charge in [0.2, 0.25) is 0 Å². The maximum absolute atomic E-state index is 12.7. The lowest BCUT2D eigenvalue weighted by Gasteiger charge is -2.20. The monoisotopic (exact) mass is 891 g/mol. The van der Waals surface area contributed by atoms with Crippen molar-refractivity contribution < 1.29 is 47.8 Å². The van der Waals surface area contributed by atoms with Crippen molar-refractivity contribution in [2.45, 2.75) is 283 Å². The molecule has 10 nitrogen and oxygen atoms in total. The van der Waals surface area contributed by atoms with E-state index < -0.39 is 51.8 Å². The highest BCUT2D eigenvalue weighted by Gasteiger charge is 2.27. The van der Waals surface area contributed by atoms with Crippen LogP contribution in [0.25, 0.3) is 0 Å². The van der Waals surface area contributed by atoms with E-state index in [9.17, 15) is 24.2 Å². The standard InChI is InChI=1S/C50H99O10P/c1-3-5-7-9-11-13-15-17-19-20-21-22-23-24-25-26-28-30-32-34-36-38-40-42-50(54)60-48(46-59-61(55,56)58-44-47(52)43-51)45-57-49(53)41-39-37-35-33-31-29-27-18-16-14-12-10-8-6-4-2/h47-48,51-52H,3-46H2,1-2H3,(H,55,56). The van der Waals surface area contributed by atoms with Gasteiger partial charge in [0.15, 0.2) is 6.10 Å². The third kappa shape index (κ3) is 46.8. The minimum Gasteiger partial charge on any atom is -0.462 e. The van der Waals surface area contributed by atoms with Crippen molar-refractivity contribution in [1.82, 2.24) is 0 Å². The Labute approximate surface area is 375 Å². The third-order valence-corrected chi connectivity index (χ3v) is 12.7. The van der Waals surface area contributed by atoms with Gasteiger partial charge in [0.25, 0.3) is 0 Å². The maximum Gasteiger partial charge on any atom is 0.472 e.